The molecule has 0 aromatic carbocycles. The fourth-order valence-electron chi connectivity index (χ4n) is 2.06. The van der Waals surface area contributed by atoms with Gasteiger partial charge in [-0.3, -0.25) is 15.1 Å². The average Bonchev–Trinajstić information content (AvgIpc) is 2.36. The van der Waals surface area contributed by atoms with E-state index in [0.29, 0.717) is 6.61 Å². The van der Waals surface area contributed by atoms with E-state index in [-0.39, 0.29) is 18.1 Å². The quantitative estimate of drug-likeness (QED) is 0.374. The van der Waals surface area contributed by atoms with Gasteiger partial charge < -0.3 is 9.47 Å². The van der Waals surface area contributed by atoms with Crippen LogP contribution in [0.5, 0.6) is 0 Å². The first-order valence-corrected chi connectivity index (χ1v) is 6.00. The van der Waals surface area contributed by atoms with Gasteiger partial charge in [0, 0.05) is 20.3 Å². The van der Waals surface area contributed by atoms with Crippen molar-refractivity contribution >= 4 is 5.91 Å². The minimum atomic E-state index is -0.365. The number of nitrogens with one attached hydrogen (secondary N) is 1. The Kier molecular flexibility index (Phi) is 6.43. The van der Waals surface area contributed by atoms with Crippen LogP contribution >= 0.6 is 0 Å². The van der Waals surface area contributed by atoms with Gasteiger partial charge in [-0.2, -0.15) is 0 Å². The molecule has 6 nitrogen and oxygen atoms in total. The highest BCUT2D eigenvalue weighted by atomic mass is 16.5. The minimum absolute atomic E-state index is 0.207. The van der Waals surface area contributed by atoms with E-state index in [4.69, 9.17) is 15.3 Å². The Morgan fingerprint density at radius 3 is 2.94 bits per heavy atom. The van der Waals surface area contributed by atoms with Gasteiger partial charge in [0.05, 0.1) is 12.7 Å². The zero-order valence-electron chi connectivity index (χ0n) is 10.6. The molecule has 0 bridgehead atoms. The van der Waals surface area contributed by atoms with E-state index in [9.17, 15) is 4.79 Å². The predicted octanol–water partition coefficient (Wildman–Crippen LogP) is -0.508. The van der Waals surface area contributed by atoms with E-state index in [0.717, 1.165) is 26.0 Å². The summed E-state index contributed by atoms with van der Waals surface area (Å²) >= 11 is 0. The van der Waals surface area contributed by atoms with Crippen LogP contribution in [0.1, 0.15) is 19.3 Å². The first-order valence-electron chi connectivity index (χ1n) is 6.00. The number of hydrogen-bond acceptors (Lipinski definition) is 5. The number of nitrogens with zero attached hydrogens (tertiary/aromatic N) is 1. The highest BCUT2D eigenvalue weighted by Crippen LogP contribution is 2.14. The molecular weight excluding hydrogens is 222 g/mol. The van der Waals surface area contributed by atoms with Crippen LogP contribution in [0.25, 0.3) is 0 Å². The zero-order chi connectivity index (χ0) is 12.7. The van der Waals surface area contributed by atoms with Gasteiger partial charge in [-0.15, -0.1) is 0 Å². The minimum Gasteiger partial charge on any atom is -0.383 e. The first kappa shape index (κ1) is 14.4. The summed E-state index contributed by atoms with van der Waals surface area (Å²) in [5.74, 6) is 4.93. The Morgan fingerprint density at radius 2 is 2.41 bits per heavy atom. The molecule has 0 radical (unpaired) electrons. The van der Waals surface area contributed by atoms with E-state index in [2.05, 4.69) is 5.43 Å². The average molecular weight is 245 g/mol. The molecule has 1 fully saturated rings. The Bertz CT molecular complexity index is 232. The van der Waals surface area contributed by atoms with Gasteiger partial charge in [0.1, 0.15) is 6.04 Å². The van der Waals surface area contributed by atoms with E-state index in [1.165, 1.54) is 6.42 Å². The van der Waals surface area contributed by atoms with Crippen LogP contribution in [0.4, 0.5) is 0 Å². The third-order valence-electron chi connectivity index (χ3n) is 3.07. The lowest BCUT2D eigenvalue weighted by molar-refractivity contribution is -0.128. The number of carbonyl (C=O) groups is 1. The molecule has 1 heterocycles. The van der Waals surface area contributed by atoms with Gasteiger partial charge in [-0.1, -0.05) is 0 Å². The Balaban J connectivity index is 2.45. The summed E-state index contributed by atoms with van der Waals surface area (Å²) in [4.78, 5) is 13.5. The lowest BCUT2D eigenvalue weighted by Crippen LogP contribution is -2.52. The normalized spacial score (nSPS) is 22.5. The molecule has 0 spiro atoms. The second-order valence-electron chi connectivity index (χ2n) is 4.41. The molecule has 100 valence electrons. The van der Waals surface area contributed by atoms with Crippen molar-refractivity contribution in [2.24, 2.45) is 5.84 Å². The van der Waals surface area contributed by atoms with Crippen molar-refractivity contribution in [2.45, 2.75) is 31.4 Å². The molecule has 2 unspecified atom stereocenters. The lowest BCUT2D eigenvalue weighted by Gasteiger charge is -2.31. The number of ether oxygens (including phenoxy) is 2. The van der Waals surface area contributed by atoms with E-state index in [1.54, 1.807) is 7.11 Å². The second-order valence-corrected chi connectivity index (χ2v) is 4.41. The molecule has 0 aromatic heterocycles. The largest absolute Gasteiger partial charge is 0.383 e. The van der Waals surface area contributed by atoms with E-state index >= 15 is 0 Å². The highest BCUT2D eigenvalue weighted by Gasteiger charge is 2.25. The number of amides is 1. The summed E-state index contributed by atoms with van der Waals surface area (Å²) in [7, 11) is 3.46. The molecule has 0 saturated carbocycles. The van der Waals surface area contributed by atoms with Crippen LogP contribution < -0.4 is 11.3 Å². The van der Waals surface area contributed by atoms with Gasteiger partial charge in [0.25, 0.3) is 5.91 Å². The summed E-state index contributed by atoms with van der Waals surface area (Å²) in [6.07, 6.45) is 3.58. The Hall–Kier alpha value is -0.690. The van der Waals surface area contributed by atoms with E-state index in [1.807, 2.05) is 11.9 Å². The standard InChI is InChI=1S/C11H23N3O3/c1-14(7-9-5-3-4-6-17-9)10(8-16-2)11(15)13-12/h9-10H,3-8,12H2,1-2H3,(H,13,15). The van der Waals surface area contributed by atoms with Crippen LogP contribution in [-0.4, -0.2) is 56.9 Å². The maximum absolute atomic E-state index is 11.6. The van der Waals surface area contributed by atoms with Crippen LogP contribution in [0.15, 0.2) is 0 Å². The third kappa shape index (κ3) is 4.59. The number of rotatable bonds is 6. The number of hydrogen-bond donors (Lipinski definition) is 2. The van der Waals surface area contributed by atoms with Crippen molar-refractivity contribution in [3.63, 3.8) is 0 Å². The maximum Gasteiger partial charge on any atom is 0.253 e. The van der Waals surface area contributed by atoms with Crippen molar-refractivity contribution in [3.05, 3.63) is 0 Å². The SMILES string of the molecule is COCC(C(=O)NN)N(C)CC1CCCCO1. The smallest absolute Gasteiger partial charge is 0.253 e. The van der Waals surface area contributed by atoms with Crippen LogP contribution in [0.2, 0.25) is 0 Å². The molecule has 1 saturated heterocycles. The molecule has 0 aliphatic carbocycles. The number of carbonyl (C=O) groups excluding carboxylic acids is 1. The molecule has 17 heavy (non-hydrogen) atoms. The fourth-order valence-corrected chi connectivity index (χ4v) is 2.06. The Labute approximate surface area is 102 Å². The molecule has 2 atom stereocenters. The summed E-state index contributed by atoms with van der Waals surface area (Å²) in [6.45, 7) is 1.87. The molecule has 1 rings (SSSR count). The zero-order valence-corrected chi connectivity index (χ0v) is 10.6. The molecule has 6 heteroatoms. The summed E-state index contributed by atoms with van der Waals surface area (Å²) in [5.41, 5.74) is 2.17. The fraction of sp³-hybridized carbons (Fsp3) is 0.909. The van der Waals surface area contributed by atoms with Crippen molar-refractivity contribution in [2.75, 3.05) is 33.9 Å². The predicted molar refractivity (Wildman–Crippen MR) is 64.2 cm³/mol. The number of hydrazine groups is 1. The molecule has 1 aliphatic rings. The summed E-state index contributed by atoms with van der Waals surface area (Å²) in [5, 5.41) is 0. The van der Waals surface area contributed by atoms with Gasteiger partial charge in [0.15, 0.2) is 0 Å². The number of nitrogens with two attached hydrogens (primary N) is 1. The maximum atomic E-state index is 11.6. The number of likely N-dealkylation sites (N-methyl/N-ethyl adjacent to an activating group) is 1. The van der Waals surface area contributed by atoms with Crippen molar-refractivity contribution in [3.8, 4) is 0 Å². The second kappa shape index (κ2) is 7.60. The summed E-state index contributed by atoms with van der Waals surface area (Å²) in [6, 6.07) is -0.365. The number of methoxy groups -OCH3 is 1. The molecular formula is C11H23N3O3. The third-order valence-corrected chi connectivity index (χ3v) is 3.07. The van der Waals surface area contributed by atoms with Gasteiger partial charge in [-0.05, 0) is 26.3 Å². The highest BCUT2D eigenvalue weighted by molar-refractivity contribution is 5.81. The first-order chi connectivity index (χ1) is 8.19. The van der Waals surface area contributed by atoms with Crippen molar-refractivity contribution in [1.82, 2.24) is 10.3 Å². The van der Waals surface area contributed by atoms with Crippen LogP contribution in [-0.2, 0) is 14.3 Å². The van der Waals surface area contributed by atoms with Crippen LogP contribution in [0, 0.1) is 0 Å². The molecule has 3 N–H and O–H groups in total. The van der Waals surface area contributed by atoms with Crippen LogP contribution in [0.3, 0.4) is 0 Å². The van der Waals surface area contributed by atoms with Gasteiger partial charge >= 0.3 is 0 Å². The molecule has 0 aromatic rings. The Morgan fingerprint density at radius 1 is 1.65 bits per heavy atom. The molecule has 1 amide bonds. The van der Waals surface area contributed by atoms with Gasteiger partial charge in [0.2, 0.25) is 0 Å². The van der Waals surface area contributed by atoms with Gasteiger partial charge in [-0.25, -0.2) is 5.84 Å². The topological polar surface area (TPSA) is 76.8 Å². The molecule has 1 aliphatic heterocycles. The van der Waals surface area contributed by atoms with Crippen molar-refractivity contribution < 1.29 is 14.3 Å². The summed E-state index contributed by atoms with van der Waals surface area (Å²) < 4.78 is 10.7. The lowest BCUT2D eigenvalue weighted by atomic mass is 10.1. The van der Waals surface area contributed by atoms with Crippen molar-refractivity contribution in [1.29, 1.82) is 0 Å². The van der Waals surface area contributed by atoms with E-state index < -0.39 is 0 Å². The monoisotopic (exact) mass is 245 g/mol.